The van der Waals surface area contributed by atoms with Crippen LogP contribution in [0.2, 0.25) is 0 Å². The number of halogens is 2. The summed E-state index contributed by atoms with van der Waals surface area (Å²) in [6.45, 7) is 5.91. The second-order valence-electron chi connectivity index (χ2n) is 4.83. The monoisotopic (exact) mass is 374 g/mol. The Morgan fingerprint density at radius 1 is 1.11 bits per heavy atom. The molecule has 2 rings (SSSR count). The van der Waals surface area contributed by atoms with Crippen LogP contribution in [0.15, 0.2) is 27.1 Å². The summed E-state index contributed by atoms with van der Waals surface area (Å²) in [6.07, 6.45) is 4.03. The Labute approximate surface area is 126 Å². The molecular formula is C14H20Br2N2. The maximum atomic E-state index is 3.53. The largest absolute Gasteiger partial charge is 0.313 e. The lowest BCUT2D eigenvalue weighted by Crippen LogP contribution is -2.24. The molecule has 0 aromatic heterocycles. The summed E-state index contributed by atoms with van der Waals surface area (Å²) in [7, 11) is 0. The van der Waals surface area contributed by atoms with Gasteiger partial charge < -0.3 is 10.2 Å². The lowest BCUT2D eigenvalue weighted by Gasteiger charge is -2.14. The van der Waals surface area contributed by atoms with Crippen molar-refractivity contribution < 1.29 is 0 Å². The minimum atomic E-state index is 0.950. The van der Waals surface area contributed by atoms with Crippen molar-refractivity contribution in [3.8, 4) is 0 Å². The second kappa shape index (κ2) is 7.63. The van der Waals surface area contributed by atoms with Gasteiger partial charge in [-0.1, -0.05) is 6.07 Å². The van der Waals surface area contributed by atoms with Crippen LogP contribution in [0.25, 0.3) is 0 Å². The molecule has 0 amide bonds. The first-order chi connectivity index (χ1) is 8.75. The van der Waals surface area contributed by atoms with Crippen LogP contribution in [0.3, 0.4) is 0 Å². The number of hydrogen-bond acceptors (Lipinski definition) is 2. The third-order valence-corrected chi connectivity index (χ3v) is 5.22. The molecule has 0 saturated carbocycles. The lowest BCUT2D eigenvalue weighted by atomic mass is 10.2. The van der Waals surface area contributed by atoms with Gasteiger partial charge >= 0.3 is 0 Å². The van der Waals surface area contributed by atoms with Gasteiger partial charge in [0.05, 0.1) is 0 Å². The van der Waals surface area contributed by atoms with Gasteiger partial charge in [0.2, 0.25) is 0 Å². The van der Waals surface area contributed by atoms with Crippen LogP contribution >= 0.6 is 31.9 Å². The smallest absolute Gasteiger partial charge is 0.0320 e. The minimum Gasteiger partial charge on any atom is -0.313 e. The van der Waals surface area contributed by atoms with Crippen molar-refractivity contribution in [1.82, 2.24) is 10.2 Å². The highest BCUT2D eigenvalue weighted by Gasteiger charge is 2.09. The van der Waals surface area contributed by atoms with E-state index in [1.54, 1.807) is 0 Å². The summed E-state index contributed by atoms with van der Waals surface area (Å²) < 4.78 is 2.24. The molecule has 1 heterocycles. The summed E-state index contributed by atoms with van der Waals surface area (Å²) in [5.74, 6) is 0. The van der Waals surface area contributed by atoms with E-state index in [1.807, 2.05) is 0 Å². The molecule has 1 aromatic rings. The van der Waals surface area contributed by atoms with E-state index in [0.29, 0.717) is 0 Å². The van der Waals surface area contributed by atoms with Gasteiger partial charge in [-0.15, -0.1) is 0 Å². The average molecular weight is 376 g/mol. The number of hydrogen-bond donors (Lipinski definition) is 1. The zero-order chi connectivity index (χ0) is 12.8. The molecule has 1 aliphatic rings. The predicted molar refractivity (Wildman–Crippen MR) is 83.8 cm³/mol. The Morgan fingerprint density at radius 2 is 1.89 bits per heavy atom. The van der Waals surface area contributed by atoms with E-state index in [9.17, 15) is 0 Å². The number of rotatable bonds is 6. The van der Waals surface area contributed by atoms with Gasteiger partial charge in [-0.2, -0.15) is 0 Å². The van der Waals surface area contributed by atoms with Crippen molar-refractivity contribution in [3.05, 3.63) is 32.7 Å². The molecule has 0 aliphatic carbocycles. The summed E-state index contributed by atoms with van der Waals surface area (Å²) in [4.78, 5) is 2.57. The normalized spacial score (nSPS) is 16.3. The van der Waals surface area contributed by atoms with Crippen molar-refractivity contribution in [2.75, 3.05) is 26.2 Å². The van der Waals surface area contributed by atoms with Crippen LogP contribution in [0.4, 0.5) is 0 Å². The molecule has 0 radical (unpaired) electrons. The van der Waals surface area contributed by atoms with Crippen molar-refractivity contribution >= 4 is 31.9 Å². The number of benzene rings is 1. The fourth-order valence-corrected chi connectivity index (χ4v) is 2.99. The summed E-state index contributed by atoms with van der Waals surface area (Å²) >= 11 is 7.02. The first kappa shape index (κ1) is 14.5. The van der Waals surface area contributed by atoms with Crippen LogP contribution < -0.4 is 5.32 Å². The summed E-state index contributed by atoms with van der Waals surface area (Å²) in [5, 5.41) is 3.51. The number of nitrogens with one attached hydrogen (secondary N) is 1. The molecule has 2 nitrogen and oxygen atoms in total. The third-order valence-electron chi connectivity index (χ3n) is 3.34. The maximum Gasteiger partial charge on any atom is 0.0320 e. The van der Waals surface area contributed by atoms with Crippen LogP contribution in [-0.4, -0.2) is 31.1 Å². The Hall–Kier alpha value is 0.1000. The van der Waals surface area contributed by atoms with E-state index in [0.717, 1.165) is 22.0 Å². The van der Waals surface area contributed by atoms with Crippen LogP contribution in [-0.2, 0) is 6.54 Å². The van der Waals surface area contributed by atoms with Gasteiger partial charge in [0.15, 0.2) is 0 Å². The fourth-order valence-electron chi connectivity index (χ4n) is 2.32. The molecule has 0 spiro atoms. The van der Waals surface area contributed by atoms with E-state index >= 15 is 0 Å². The first-order valence-electron chi connectivity index (χ1n) is 6.63. The Kier molecular flexibility index (Phi) is 6.15. The topological polar surface area (TPSA) is 15.3 Å². The van der Waals surface area contributed by atoms with Gasteiger partial charge in [0.1, 0.15) is 0 Å². The van der Waals surface area contributed by atoms with E-state index in [4.69, 9.17) is 0 Å². The molecule has 0 unspecified atom stereocenters. The van der Waals surface area contributed by atoms with E-state index in [1.165, 1.54) is 44.5 Å². The van der Waals surface area contributed by atoms with Crippen LogP contribution in [0.5, 0.6) is 0 Å². The second-order valence-corrected chi connectivity index (χ2v) is 6.54. The summed E-state index contributed by atoms with van der Waals surface area (Å²) in [6, 6.07) is 6.41. The molecule has 1 saturated heterocycles. The van der Waals surface area contributed by atoms with Gasteiger partial charge in [0.25, 0.3) is 0 Å². The molecule has 100 valence electrons. The quantitative estimate of drug-likeness (QED) is 0.761. The molecular weight excluding hydrogens is 356 g/mol. The standard InChI is InChI=1S/C14H20Br2N2/c15-13-5-4-12(10-14(13)16)11-17-6-3-9-18-7-1-2-8-18/h4-5,10,17H,1-3,6-9,11H2. The number of likely N-dealkylation sites (tertiary alicyclic amines) is 1. The van der Waals surface area contributed by atoms with E-state index in [2.05, 4.69) is 60.3 Å². The molecule has 1 aromatic carbocycles. The van der Waals surface area contributed by atoms with Crippen molar-refractivity contribution in [1.29, 1.82) is 0 Å². The van der Waals surface area contributed by atoms with E-state index < -0.39 is 0 Å². The SMILES string of the molecule is Brc1ccc(CNCCCN2CCCC2)cc1Br. The first-order valence-corrected chi connectivity index (χ1v) is 8.21. The highest BCUT2D eigenvalue weighted by Crippen LogP contribution is 2.23. The molecule has 0 atom stereocenters. The van der Waals surface area contributed by atoms with Gasteiger partial charge in [0, 0.05) is 15.5 Å². The highest BCUT2D eigenvalue weighted by atomic mass is 79.9. The van der Waals surface area contributed by atoms with Gasteiger partial charge in [-0.25, -0.2) is 0 Å². The third kappa shape index (κ3) is 4.65. The van der Waals surface area contributed by atoms with Crippen molar-refractivity contribution in [2.24, 2.45) is 0 Å². The van der Waals surface area contributed by atoms with Crippen LogP contribution in [0.1, 0.15) is 24.8 Å². The average Bonchev–Trinajstić information content (AvgIpc) is 2.86. The zero-order valence-corrected chi connectivity index (χ0v) is 13.8. The van der Waals surface area contributed by atoms with Crippen molar-refractivity contribution in [3.63, 3.8) is 0 Å². The Balaban J connectivity index is 1.61. The molecule has 18 heavy (non-hydrogen) atoms. The van der Waals surface area contributed by atoms with Crippen molar-refractivity contribution in [2.45, 2.75) is 25.8 Å². The highest BCUT2D eigenvalue weighted by molar-refractivity contribution is 9.13. The molecule has 0 bridgehead atoms. The predicted octanol–water partition coefficient (Wildman–Crippen LogP) is 3.79. The van der Waals surface area contributed by atoms with E-state index in [-0.39, 0.29) is 0 Å². The lowest BCUT2D eigenvalue weighted by molar-refractivity contribution is 0.331. The van der Waals surface area contributed by atoms with Crippen LogP contribution in [0, 0.1) is 0 Å². The molecule has 1 fully saturated rings. The minimum absolute atomic E-state index is 0.950. The zero-order valence-electron chi connectivity index (χ0n) is 10.6. The Morgan fingerprint density at radius 3 is 2.61 bits per heavy atom. The molecule has 1 aliphatic heterocycles. The number of nitrogens with zero attached hydrogens (tertiary/aromatic N) is 1. The Bertz CT molecular complexity index is 376. The van der Waals surface area contributed by atoms with Gasteiger partial charge in [-0.3, -0.25) is 0 Å². The molecule has 1 N–H and O–H groups in total. The molecule has 4 heteroatoms. The fraction of sp³-hybridized carbons (Fsp3) is 0.571. The summed E-state index contributed by atoms with van der Waals surface area (Å²) in [5.41, 5.74) is 1.33. The van der Waals surface area contributed by atoms with Gasteiger partial charge in [-0.05, 0) is 95.0 Å². The maximum absolute atomic E-state index is 3.53.